The molecule has 0 bridgehead atoms. The molecule has 0 heterocycles. The highest BCUT2D eigenvalue weighted by molar-refractivity contribution is 5.35. The van der Waals surface area contributed by atoms with Gasteiger partial charge in [0.2, 0.25) is 0 Å². The Morgan fingerprint density at radius 2 is 2.36 bits per heavy atom. The van der Waals surface area contributed by atoms with Crippen LogP contribution in [0.2, 0.25) is 0 Å². The highest BCUT2D eigenvalue weighted by atomic mass is 16.6. The van der Waals surface area contributed by atoms with Gasteiger partial charge in [0.15, 0.2) is 0 Å². The van der Waals surface area contributed by atoms with E-state index in [0.29, 0.717) is 6.42 Å². The summed E-state index contributed by atoms with van der Waals surface area (Å²) in [6.07, 6.45) is 2.31. The molecular weight excluding hydrogens is 180 g/mol. The van der Waals surface area contributed by atoms with E-state index in [9.17, 15) is 10.1 Å². The Morgan fingerprint density at radius 1 is 1.64 bits per heavy atom. The van der Waals surface area contributed by atoms with E-state index >= 15 is 0 Å². The van der Waals surface area contributed by atoms with Gasteiger partial charge in [-0.25, -0.2) is 0 Å². The van der Waals surface area contributed by atoms with E-state index in [-0.39, 0.29) is 11.7 Å². The largest absolute Gasteiger partial charge is 0.324 e. The fourth-order valence-electron chi connectivity index (χ4n) is 1.18. The second-order valence-corrected chi connectivity index (χ2v) is 2.98. The quantitative estimate of drug-likeness (QED) is 0.451. The molecule has 1 atom stereocenters. The Balaban J connectivity index is 2.93. The van der Waals surface area contributed by atoms with E-state index in [0.717, 1.165) is 5.56 Å². The van der Waals surface area contributed by atoms with E-state index in [2.05, 4.69) is 6.58 Å². The van der Waals surface area contributed by atoms with Gasteiger partial charge in [0.05, 0.1) is 4.92 Å². The van der Waals surface area contributed by atoms with Gasteiger partial charge in [0, 0.05) is 18.2 Å². The van der Waals surface area contributed by atoms with Gasteiger partial charge in [-0.05, 0) is 12.0 Å². The van der Waals surface area contributed by atoms with Crippen molar-refractivity contribution in [3.8, 4) is 0 Å². The van der Waals surface area contributed by atoms with Gasteiger partial charge in [0.25, 0.3) is 5.69 Å². The predicted molar refractivity (Wildman–Crippen MR) is 54.8 cm³/mol. The first-order valence-corrected chi connectivity index (χ1v) is 4.26. The zero-order valence-electron chi connectivity index (χ0n) is 7.72. The van der Waals surface area contributed by atoms with E-state index in [1.165, 1.54) is 12.1 Å². The molecule has 0 saturated heterocycles. The molecule has 1 aromatic rings. The highest BCUT2D eigenvalue weighted by Crippen LogP contribution is 2.19. The van der Waals surface area contributed by atoms with Gasteiger partial charge in [-0.2, -0.15) is 0 Å². The third-order valence-electron chi connectivity index (χ3n) is 1.93. The molecule has 0 spiro atoms. The third kappa shape index (κ3) is 2.40. The molecule has 0 radical (unpaired) electrons. The van der Waals surface area contributed by atoms with Crippen LogP contribution in [0.5, 0.6) is 0 Å². The fraction of sp³-hybridized carbons (Fsp3) is 0.200. The molecule has 1 aromatic carbocycles. The molecule has 74 valence electrons. The standard InChI is InChI=1S/C10H12N2O2/c1-2-4-10(11)8-5-3-6-9(7-8)12(13)14/h2-3,5-7,10H,1,4,11H2/t10-/m1/s1. The summed E-state index contributed by atoms with van der Waals surface area (Å²) in [6.45, 7) is 3.57. The number of hydrogen-bond donors (Lipinski definition) is 1. The summed E-state index contributed by atoms with van der Waals surface area (Å²) in [7, 11) is 0. The lowest BCUT2D eigenvalue weighted by atomic mass is 10.0. The van der Waals surface area contributed by atoms with Crippen molar-refractivity contribution >= 4 is 5.69 Å². The number of nitro benzene ring substituents is 1. The lowest BCUT2D eigenvalue weighted by Crippen LogP contribution is -2.09. The molecule has 4 heteroatoms. The number of rotatable bonds is 4. The average molecular weight is 192 g/mol. The molecular formula is C10H12N2O2. The Labute approximate surface area is 82.2 Å². The maximum atomic E-state index is 10.5. The third-order valence-corrected chi connectivity index (χ3v) is 1.93. The maximum absolute atomic E-state index is 10.5. The number of non-ortho nitro benzene ring substituents is 1. The van der Waals surface area contributed by atoms with Crippen molar-refractivity contribution in [3.63, 3.8) is 0 Å². The topological polar surface area (TPSA) is 69.2 Å². The summed E-state index contributed by atoms with van der Waals surface area (Å²) < 4.78 is 0. The first kappa shape index (κ1) is 10.4. The van der Waals surface area contributed by atoms with Crippen molar-refractivity contribution in [2.75, 3.05) is 0 Å². The van der Waals surface area contributed by atoms with Crippen LogP contribution in [0.3, 0.4) is 0 Å². The molecule has 0 unspecified atom stereocenters. The van der Waals surface area contributed by atoms with Crippen LogP contribution < -0.4 is 5.73 Å². The van der Waals surface area contributed by atoms with Gasteiger partial charge in [-0.1, -0.05) is 18.2 Å². The Morgan fingerprint density at radius 3 is 2.93 bits per heavy atom. The van der Waals surface area contributed by atoms with Crippen molar-refractivity contribution in [1.82, 2.24) is 0 Å². The van der Waals surface area contributed by atoms with Gasteiger partial charge < -0.3 is 5.73 Å². The lowest BCUT2D eigenvalue weighted by Gasteiger charge is -2.08. The zero-order chi connectivity index (χ0) is 10.6. The minimum absolute atomic E-state index is 0.0713. The Kier molecular flexibility index (Phi) is 3.36. The fourth-order valence-corrected chi connectivity index (χ4v) is 1.18. The molecule has 0 aliphatic rings. The SMILES string of the molecule is C=CC[C@@H](N)c1cccc([N+](=O)[O-])c1. The monoisotopic (exact) mass is 192 g/mol. The number of nitro groups is 1. The van der Waals surface area contributed by atoms with E-state index in [1.54, 1.807) is 18.2 Å². The lowest BCUT2D eigenvalue weighted by molar-refractivity contribution is -0.384. The van der Waals surface area contributed by atoms with E-state index < -0.39 is 4.92 Å². The summed E-state index contributed by atoms with van der Waals surface area (Å²) in [6, 6.07) is 6.14. The Bertz CT molecular complexity index is 350. The van der Waals surface area contributed by atoms with Crippen LogP contribution in [0.25, 0.3) is 0 Å². The van der Waals surface area contributed by atoms with Gasteiger partial charge in [-0.15, -0.1) is 6.58 Å². The molecule has 0 aliphatic carbocycles. The van der Waals surface area contributed by atoms with Gasteiger partial charge in [0.1, 0.15) is 0 Å². The average Bonchev–Trinajstić information content (AvgIpc) is 2.18. The second-order valence-electron chi connectivity index (χ2n) is 2.98. The summed E-state index contributed by atoms with van der Waals surface area (Å²) >= 11 is 0. The van der Waals surface area contributed by atoms with E-state index in [4.69, 9.17) is 5.73 Å². The zero-order valence-corrected chi connectivity index (χ0v) is 7.72. The molecule has 0 fully saturated rings. The normalized spacial score (nSPS) is 12.1. The van der Waals surface area contributed by atoms with Crippen LogP contribution in [0.1, 0.15) is 18.0 Å². The smallest absolute Gasteiger partial charge is 0.269 e. The number of nitrogens with two attached hydrogens (primary N) is 1. The van der Waals surface area contributed by atoms with Crippen LogP contribution in [0.4, 0.5) is 5.69 Å². The molecule has 0 saturated carbocycles. The van der Waals surface area contributed by atoms with Crippen LogP contribution in [-0.2, 0) is 0 Å². The van der Waals surface area contributed by atoms with Crippen LogP contribution in [0, 0.1) is 10.1 Å². The van der Waals surface area contributed by atoms with Crippen LogP contribution in [0.15, 0.2) is 36.9 Å². The van der Waals surface area contributed by atoms with Gasteiger partial charge >= 0.3 is 0 Å². The minimum atomic E-state index is -0.426. The summed E-state index contributed by atoms with van der Waals surface area (Å²) in [5.74, 6) is 0. The Hall–Kier alpha value is -1.68. The van der Waals surface area contributed by atoms with Gasteiger partial charge in [-0.3, -0.25) is 10.1 Å². The minimum Gasteiger partial charge on any atom is -0.324 e. The molecule has 0 amide bonds. The summed E-state index contributed by atoms with van der Waals surface area (Å²) in [5, 5.41) is 10.5. The van der Waals surface area contributed by atoms with Crippen molar-refractivity contribution in [2.24, 2.45) is 5.73 Å². The van der Waals surface area contributed by atoms with Crippen LogP contribution in [-0.4, -0.2) is 4.92 Å². The highest BCUT2D eigenvalue weighted by Gasteiger charge is 2.09. The predicted octanol–water partition coefficient (Wildman–Crippen LogP) is 2.17. The number of nitrogens with zero attached hydrogens (tertiary/aromatic N) is 1. The molecule has 2 N–H and O–H groups in total. The summed E-state index contributed by atoms with van der Waals surface area (Å²) in [4.78, 5) is 10.1. The maximum Gasteiger partial charge on any atom is 0.269 e. The van der Waals surface area contributed by atoms with Crippen molar-refractivity contribution in [1.29, 1.82) is 0 Å². The molecule has 1 rings (SSSR count). The summed E-state index contributed by atoms with van der Waals surface area (Å²) in [5.41, 5.74) is 6.62. The molecule has 14 heavy (non-hydrogen) atoms. The molecule has 0 aliphatic heterocycles. The second kappa shape index (κ2) is 4.53. The first-order valence-electron chi connectivity index (χ1n) is 4.26. The van der Waals surface area contributed by atoms with E-state index in [1.807, 2.05) is 0 Å². The first-order chi connectivity index (χ1) is 6.65. The molecule has 0 aromatic heterocycles. The number of benzene rings is 1. The molecule has 4 nitrogen and oxygen atoms in total. The van der Waals surface area contributed by atoms with Crippen molar-refractivity contribution < 1.29 is 4.92 Å². The van der Waals surface area contributed by atoms with Crippen molar-refractivity contribution in [3.05, 3.63) is 52.6 Å². The number of hydrogen-bond acceptors (Lipinski definition) is 3. The van der Waals surface area contributed by atoms with Crippen molar-refractivity contribution in [2.45, 2.75) is 12.5 Å². The van der Waals surface area contributed by atoms with Crippen LogP contribution >= 0.6 is 0 Å².